The zero-order valence-electron chi connectivity index (χ0n) is 16.2. The number of hydrogen-bond donors (Lipinski definition) is 1. The molecule has 5 rings (SSSR count). The van der Waals surface area contributed by atoms with E-state index in [-0.39, 0.29) is 11.7 Å². The lowest BCUT2D eigenvalue weighted by Crippen LogP contribution is -2.27. The lowest BCUT2D eigenvalue weighted by molar-refractivity contribution is 0.0997. The first kappa shape index (κ1) is 18.5. The van der Waals surface area contributed by atoms with E-state index in [9.17, 15) is 9.90 Å². The SMILES string of the molecule is O=C(c1cccc2c1Cc1ccccc1S2)N(c1ccccc1)c1ccccc1O. The van der Waals surface area contributed by atoms with Crippen LogP contribution in [0.4, 0.5) is 11.4 Å². The van der Waals surface area contributed by atoms with Crippen LogP contribution in [0.25, 0.3) is 0 Å². The number of amides is 1. The van der Waals surface area contributed by atoms with Crippen molar-refractivity contribution in [1.29, 1.82) is 0 Å². The normalized spacial score (nSPS) is 12.0. The Morgan fingerprint density at radius 1 is 0.767 bits per heavy atom. The minimum atomic E-state index is -0.153. The van der Waals surface area contributed by atoms with Crippen molar-refractivity contribution in [1.82, 2.24) is 0 Å². The highest BCUT2D eigenvalue weighted by atomic mass is 32.2. The van der Waals surface area contributed by atoms with Gasteiger partial charge in [0.1, 0.15) is 5.75 Å². The Kier molecular flexibility index (Phi) is 4.77. The molecular formula is C26H19NO2S. The number of phenolic OH excluding ortho intramolecular Hbond substituents is 1. The molecule has 1 heterocycles. The van der Waals surface area contributed by atoms with E-state index >= 15 is 0 Å². The Morgan fingerprint density at radius 2 is 1.47 bits per heavy atom. The smallest absolute Gasteiger partial charge is 0.263 e. The molecular weight excluding hydrogens is 390 g/mol. The molecule has 3 nitrogen and oxygen atoms in total. The molecule has 0 aliphatic carbocycles. The number of hydrogen-bond acceptors (Lipinski definition) is 3. The fourth-order valence-electron chi connectivity index (χ4n) is 3.82. The summed E-state index contributed by atoms with van der Waals surface area (Å²) in [6.45, 7) is 0. The van der Waals surface area contributed by atoms with Crippen LogP contribution in [-0.2, 0) is 6.42 Å². The van der Waals surface area contributed by atoms with Gasteiger partial charge in [-0.15, -0.1) is 0 Å². The van der Waals surface area contributed by atoms with Crippen LogP contribution in [0.15, 0.2) is 107 Å². The minimum absolute atomic E-state index is 0.0687. The fourth-order valence-corrected chi connectivity index (χ4v) is 4.93. The van der Waals surface area contributed by atoms with Crippen molar-refractivity contribution in [3.8, 4) is 5.75 Å². The maximum Gasteiger partial charge on any atom is 0.263 e. The maximum atomic E-state index is 13.9. The Balaban J connectivity index is 1.63. The number of para-hydroxylation sites is 3. The molecule has 0 atom stereocenters. The highest BCUT2D eigenvalue weighted by Crippen LogP contribution is 2.42. The largest absolute Gasteiger partial charge is 0.506 e. The van der Waals surface area contributed by atoms with E-state index in [2.05, 4.69) is 18.2 Å². The number of nitrogens with zero attached hydrogens (tertiary/aromatic N) is 1. The van der Waals surface area contributed by atoms with Crippen LogP contribution in [0.2, 0.25) is 0 Å². The Morgan fingerprint density at radius 3 is 2.30 bits per heavy atom. The zero-order chi connectivity index (χ0) is 20.5. The van der Waals surface area contributed by atoms with Crippen molar-refractivity contribution in [3.05, 3.63) is 114 Å². The summed E-state index contributed by atoms with van der Waals surface area (Å²) in [7, 11) is 0. The molecule has 1 aliphatic heterocycles. The molecule has 0 saturated carbocycles. The van der Waals surface area contributed by atoms with E-state index in [1.54, 1.807) is 34.9 Å². The first-order chi connectivity index (χ1) is 14.7. The number of anilines is 2. The average Bonchev–Trinajstić information content (AvgIpc) is 2.79. The molecule has 30 heavy (non-hydrogen) atoms. The second-order valence-electron chi connectivity index (χ2n) is 7.13. The third-order valence-corrected chi connectivity index (χ3v) is 6.48. The summed E-state index contributed by atoms with van der Waals surface area (Å²) >= 11 is 1.70. The van der Waals surface area contributed by atoms with E-state index in [0.717, 1.165) is 10.5 Å². The second-order valence-corrected chi connectivity index (χ2v) is 8.22. The van der Waals surface area contributed by atoms with Gasteiger partial charge in [-0.25, -0.2) is 0 Å². The molecule has 0 bridgehead atoms. The van der Waals surface area contributed by atoms with Crippen molar-refractivity contribution in [3.63, 3.8) is 0 Å². The molecule has 4 heteroatoms. The van der Waals surface area contributed by atoms with E-state index < -0.39 is 0 Å². The molecule has 1 aliphatic rings. The van der Waals surface area contributed by atoms with Gasteiger partial charge in [0.15, 0.2) is 0 Å². The lowest BCUT2D eigenvalue weighted by atomic mass is 9.97. The third-order valence-electron chi connectivity index (χ3n) is 5.26. The Bertz CT molecular complexity index is 1240. The predicted molar refractivity (Wildman–Crippen MR) is 121 cm³/mol. The summed E-state index contributed by atoms with van der Waals surface area (Å²) in [5.41, 5.74) is 4.09. The van der Waals surface area contributed by atoms with E-state index in [1.807, 2.05) is 60.7 Å². The van der Waals surface area contributed by atoms with E-state index in [0.29, 0.717) is 23.4 Å². The second kappa shape index (κ2) is 7.73. The van der Waals surface area contributed by atoms with Gasteiger partial charge in [0.2, 0.25) is 0 Å². The number of fused-ring (bicyclic) bond motifs is 2. The van der Waals surface area contributed by atoms with Crippen molar-refractivity contribution in [2.45, 2.75) is 16.2 Å². The van der Waals surface area contributed by atoms with Gasteiger partial charge in [0.05, 0.1) is 5.69 Å². The van der Waals surface area contributed by atoms with Gasteiger partial charge < -0.3 is 5.11 Å². The van der Waals surface area contributed by atoms with Gasteiger partial charge in [-0.1, -0.05) is 66.4 Å². The van der Waals surface area contributed by atoms with Gasteiger partial charge in [-0.2, -0.15) is 0 Å². The standard InChI is InChI=1S/C26H19NO2S/c28-23-14-6-5-13-22(23)27(19-10-2-1-3-11-19)26(29)20-12-8-16-25-21(20)17-18-9-4-7-15-24(18)30-25/h1-16,28H,17H2. The van der Waals surface area contributed by atoms with Crippen molar-refractivity contribution >= 4 is 29.0 Å². The number of rotatable bonds is 3. The number of carbonyl (C=O) groups excluding carboxylic acids is 1. The van der Waals surface area contributed by atoms with E-state index in [1.165, 1.54) is 10.5 Å². The van der Waals surface area contributed by atoms with Crippen LogP contribution in [-0.4, -0.2) is 11.0 Å². The summed E-state index contributed by atoms with van der Waals surface area (Å²) in [6, 6.07) is 30.6. The molecule has 4 aromatic rings. The summed E-state index contributed by atoms with van der Waals surface area (Å²) < 4.78 is 0. The van der Waals surface area contributed by atoms with Gasteiger partial charge >= 0.3 is 0 Å². The molecule has 0 unspecified atom stereocenters. The molecule has 0 spiro atoms. The van der Waals surface area contributed by atoms with Crippen LogP contribution in [0.5, 0.6) is 5.75 Å². The van der Waals surface area contributed by atoms with Crippen LogP contribution >= 0.6 is 11.8 Å². The fraction of sp³-hybridized carbons (Fsp3) is 0.0385. The molecule has 0 aromatic heterocycles. The molecule has 146 valence electrons. The van der Waals surface area contributed by atoms with Gasteiger partial charge in [-0.05, 0) is 53.6 Å². The number of phenols is 1. The molecule has 0 radical (unpaired) electrons. The number of aromatic hydroxyl groups is 1. The summed E-state index contributed by atoms with van der Waals surface area (Å²) in [5.74, 6) is -0.0845. The predicted octanol–water partition coefficient (Wildman–Crippen LogP) is 6.43. The minimum Gasteiger partial charge on any atom is -0.506 e. The molecule has 4 aromatic carbocycles. The van der Waals surface area contributed by atoms with Crippen LogP contribution < -0.4 is 4.90 Å². The quantitative estimate of drug-likeness (QED) is 0.373. The third kappa shape index (κ3) is 3.25. The Hall–Kier alpha value is -3.50. The van der Waals surface area contributed by atoms with Gasteiger partial charge in [0.25, 0.3) is 5.91 Å². The van der Waals surface area contributed by atoms with Crippen molar-refractivity contribution in [2.24, 2.45) is 0 Å². The van der Waals surface area contributed by atoms with Crippen molar-refractivity contribution in [2.75, 3.05) is 4.90 Å². The monoisotopic (exact) mass is 409 g/mol. The highest BCUT2D eigenvalue weighted by Gasteiger charge is 2.27. The van der Waals surface area contributed by atoms with Crippen molar-refractivity contribution < 1.29 is 9.90 Å². The topological polar surface area (TPSA) is 40.5 Å². The number of carbonyl (C=O) groups is 1. The van der Waals surface area contributed by atoms with Crippen LogP contribution in [0.1, 0.15) is 21.5 Å². The first-order valence-corrected chi connectivity index (χ1v) is 10.6. The summed E-state index contributed by atoms with van der Waals surface area (Å²) in [4.78, 5) is 17.8. The molecule has 0 fully saturated rings. The zero-order valence-corrected chi connectivity index (χ0v) is 17.0. The van der Waals surface area contributed by atoms with Crippen LogP contribution in [0, 0.1) is 0 Å². The summed E-state index contributed by atoms with van der Waals surface area (Å²) in [5, 5.41) is 10.5. The maximum absolute atomic E-state index is 13.9. The summed E-state index contributed by atoms with van der Waals surface area (Å²) in [6.07, 6.45) is 0.712. The van der Waals surface area contributed by atoms with Gasteiger partial charge in [0, 0.05) is 27.5 Å². The lowest BCUT2D eigenvalue weighted by Gasteiger charge is -2.27. The van der Waals surface area contributed by atoms with Crippen LogP contribution in [0.3, 0.4) is 0 Å². The van der Waals surface area contributed by atoms with Gasteiger partial charge in [-0.3, -0.25) is 9.69 Å². The highest BCUT2D eigenvalue weighted by molar-refractivity contribution is 7.99. The molecule has 1 amide bonds. The first-order valence-electron chi connectivity index (χ1n) is 9.77. The molecule has 0 saturated heterocycles. The number of benzene rings is 4. The Labute approximate surface area is 179 Å². The van der Waals surface area contributed by atoms with E-state index in [4.69, 9.17) is 0 Å². The molecule has 1 N–H and O–H groups in total. The average molecular weight is 410 g/mol.